The lowest BCUT2D eigenvalue weighted by Gasteiger charge is -2.06. The van der Waals surface area contributed by atoms with E-state index in [2.05, 4.69) is 15.0 Å². The van der Waals surface area contributed by atoms with Crippen LogP contribution < -0.4 is 25.7 Å². The summed E-state index contributed by atoms with van der Waals surface area (Å²) in [5, 5.41) is 7.12. The number of rotatable bonds is 12. The third kappa shape index (κ3) is 12.9. The van der Waals surface area contributed by atoms with Crippen LogP contribution in [0.15, 0.2) is 59.6 Å². The molecule has 10 nitrogen and oxygen atoms in total. The highest BCUT2D eigenvalue weighted by molar-refractivity contribution is 5.75. The standard InChI is InChI=1S/C27H31N5O3.C2HF3O2/c1-33-24-13-7-20(8-14-24)5-11-22-19-23(12-6-21-9-15-25(34-2)16-10-21)32-27(31-22)35-18-4-3-17-30-26(28)29;3-2(4,5)1(6)7/h5-16,19H,3-4,17-18H2,1-2H3,(H4,28,29,30);(H,6,7). The predicted molar refractivity (Wildman–Crippen MR) is 155 cm³/mol. The summed E-state index contributed by atoms with van der Waals surface area (Å²) in [6.45, 7) is 1.03. The van der Waals surface area contributed by atoms with Gasteiger partial charge in [-0.3, -0.25) is 4.99 Å². The average Bonchev–Trinajstić information content (AvgIpc) is 2.97. The number of carbonyl (C=O) groups is 1. The summed E-state index contributed by atoms with van der Waals surface area (Å²) in [6, 6.07) is 17.8. The second kappa shape index (κ2) is 16.9. The topological polar surface area (TPSA) is 155 Å². The first kappa shape index (κ1) is 33.1. The molecule has 1 heterocycles. The number of hydrogen-bond donors (Lipinski definition) is 3. The number of nitrogens with two attached hydrogens (primary N) is 2. The summed E-state index contributed by atoms with van der Waals surface area (Å²) in [5.41, 5.74) is 14.2. The van der Waals surface area contributed by atoms with E-state index in [1.54, 1.807) is 14.2 Å². The number of methoxy groups -OCH3 is 2. The summed E-state index contributed by atoms with van der Waals surface area (Å²) >= 11 is 0. The van der Waals surface area contributed by atoms with Crippen LogP contribution in [0.25, 0.3) is 24.3 Å². The molecule has 224 valence electrons. The van der Waals surface area contributed by atoms with Crippen molar-refractivity contribution in [3.63, 3.8) is 0 Å². The van der Waals surface area contributed by atoms with Gasteiger partial charge in [-0.2, -0.15) is 23.1 Å². The highest BCUT2D eigenvalue weighted by Crippen LogP contribution is 2.18. The minimum Gasteiger partial charge on any atom is -0.497 e. The molecule has 0 saturated heterocycles. The smallest absolute Gasteiger partial charge is 0.490 e. The number of guanidine groups is 1. The molecule has 13 heteroatoms. The molecule has 0 bridgehead atoms. The summed E-state index contributed by atoms with van der Waals surface area (Å²) in [4.78, 5) is 22.0. The SMILES string of the molecule is COc1ccc(C=Cc2cc(C=Cc3ccc(OC)cc3)nc(OCCCCN=C(N)N)n2)cc1.O=C(O)C(F)(F)F. The molecule has 0 atom stereocenters. The van der Waals surface area contributed by atoms with E-state index in [4.69, 9.17) is 35.6 Å². The Hall–Kier alpha value is -5.07. The van der Waals surface area contributed by atoms with Crippen LogP contribution in [0.3, 0.4) is 0 Å². The van der Waals surface area contributed by atoms with E-state index in [1.807, 2.05) is 78.9 Å². The van der Waals surface area contributed by atoms with Gasteiger partial charge in [0.05, 0.1) is 32.2 Å². The van der Waals surface area contributed by atoms with Crippen molar-refractivity contribution in [1.29, 1.82) is 0 Å². The Morgan fingerprint density at radius 2 is 1.31 bits per heavy atom. The van der Waals surface area contributed by atoms with Gasteiger partial charge in [0.25, 0.3) is 0 Å². The lowest BCUT2D eigenvalue weighted by Crippen LogP contribution is -2.23. The van der Waals surface area contributed by atoms with Crippen molar-refractivity contribution in [3.05, 3.63) is 77.1 Å². The molecule has 0 radical (unpaired) electrons. The van der Waals surface area contributed by atoms with E-state index in [0.29, 0.717) is 19.2 Å². The van der Waals surface area contributed by atoms with E-state index in [0.717, 1.165) is 46.9 Å². The number of halogens is 3. The van der Waals surface area contributed by atoms with Crippen LogP contribution in [0.5, 0.6) is 17.5 Å². The first-order chi connectivity index (χ1) is 20.0. The maximum absolute atomic E-state index is 10.6. The molecule has 0 spiro atoms. The van der Waals surface area contributed by atoms with E-state index in [-0.39, 0.29) is 5.96 Å². The van der Waals surface area contributed by atoms with Crippen LogP contribution >= 0.6 is 0 Å². The lowest BCUT2D eigenvalue weighted by atomic mass is 10.1. The van der Waals surface area contributed by atoms with Crippen molar-refractivity contribution >= 4 is 36.2 Å². The summed E-state index contributed by atoms with van der Waals surface area (Å²) in [6.07, 6.45) is 4.33. The average molecular weight is 588 g/mol. The zero-order valence-corrected chi connectivity index (χ0v) is 23.0. The Balaban J connectivity index is 0.000000782. The van der Waals surface area contributed by atoms with Crippen molar-refractivity contribution in [1.82, 2.24) is 9.97 Å². The van der Waals surface area contributed by atoms with Gasteiger partial charge in [-0.1, -0.05) is 36.4 Å². The molecule has 3 aromatic rings. The monoisotopic (exact) mass is 587 g/mol. The molecule has 0 aliphatic rings. The largest absolute Gasteiger partial charge is 0.497 e. The summed E-state index contributed by atoms with van der Waals surface area (Å²) in [5.74, 6) is -1.04. The van der Waals surface area contributed by atoms with Crippen LogP contribution in [0.4, 0.5) is 13.2 Å². The molecule has 1 aromatic heterocycles. The minimum absolute atomic E-state index is 0.0962. The highest BCUT2D eigenvalue weighted by atomic mass is 19.4. The Kier molecular flexibility index (Phi) is 13.3. The van der Waals surface area contributed by atoms with Gasteiger partial charge in [0.1, 0.15) is 11.5 Å². The molecule has 5 N–H and O–H groups in total. The van der Waals surface area contributed by atoms with Crippen LogP contribution in [0, 0.1) is 0 Å². The van der Waals surface area contributed by atoms with Crippen molar-refractivity contribution in [2.45, 2.75) is 19.0 Å². The van der Waals surface area contributed by atoms with Gasteiger partial charge in [-0.05, 0) is 66.5 Å². The number of ether oxygens (including phenoxy) is 3. The maximum atomic E-state index is 10.6. The van der Waals surface area contributed by atoms with Crippen LogP contribution in [-0.4, -0.2) is 60.6 Å². The minimum atomic E-state index is -5.08. The lowest BCUT2D eigenvalue weighted by molar-refractivity contribution is -0.192. The van der Waals surface area contributed by atoms with Crippen LogP contribution in [0.1, 0.15) is 35.4 Å². The number of alkyl halides is 3. The molecule has 3 rings (SSSR count). The zero-order valence-electron chi connectivity index (χ0n) is 23.0. The second-order valence-electron chi connectivity index (χ2n) is 8.38. The number of unbranched alkanes of at least 4 members (excludes halogenated alkanes) is 1. The maximum Gasteiger partial charge on any atom is 0.490 e. The third-order valence-corrected chi connectivity index (χ3v) is 5.19. The molecule has 0 aliphatic heterocycles. The van der Waals surface area contributed by atoms with Crippen molar-refractivity contribution < 1.29 is 37.3 Å². The van der Waals surface area contributed by atoms with Gasteiger partial charge in [0, 0.05) is 6.54 Å². The number of carboxylic acids is 1. The van der Waals surface area contributed by atoms with E-state index < -0.39 is 12.1 Å². The van der Waals surface area contributed by atoms with Crippen molar-refractivity contribution in [3.8, 4) is 17.5 Å². The number of aliphatic imine (C=N–C) groups is 1. The number of aromatic nitrogens is 2. The van der Waals surface area contributed by atoms with Gasteiger partial charge >= 0.3 is 18.2 Å². The molecule has 0 saturated carbocycles. The van der Waals surface area contributed by atoms with Gasteiger partial charge in [-0.25, -0.2) is 4.79 Å². The molecular weight excluding hydrogens is 555 g/mol. The Labute approximate surface area is 241 Å². The molecule has 0 fully saturated rings. The summed E-state index contributed by atoms with van der Waals surface area (Å²) < 4.78 is 48.0. The number of aliphatic carboxylic acids is 1. The number of carboxylic acid groups (broad SMARTS) is 1. The quantitative estimate of drug-likeness (QED) is 0.152. The van der Waals surface area contributed by atoms with E-state index >= 15 is 0 Å². The summed E-state index contributed by atoms with van der Waals surface area (Å²) in [7, 11) is 3.30. The van der Waals surface area contributed by atoms with Gasteiger partial charge in [0.15, 0.2) is 5.96 Å². The van der Waals surface area contributed by atoms with Crippen molar-refractivity contribution in [2.24, 2.45) is 16.5 Å². The van der Waals surface area contributed by atoms with Crippen LogP contribution in [0.2, 0.25) is 0 Å². The number of hydrogen-bond acceptors (Lipinski definition) is 7. The van der Waals surface area contributed by atoms with Crippen molar-refractivity contribution in [2.75, 3.05) is 27.4 Å². The highest BCUT2D eigenvalue weighted by Gasteiger charge is 2.38. The zero-order chi connectivity index (χ0) is 31.0. The first-order valence-corrected chi connectivity index (χ1v) is 12.5. The van der Waals surface area contributed by atoms with E-state index in [1.165, 1.54) is 0 Å². The fourth-order valence-corrected chi connectivity index (χ4v) is 3.08. The predicted octanol–water partition coefficient (Wildman–Crippen LogP) is 4.90. The molecule has 2 aromatic carbocycles. The number of nitrogens with zero attached hydrogens (tertiary/aromatic N) is 3. The molecular formula is C29H32F3N5O5. The third-order valence-electron chi connectivity index (χ3n) is 5.19. The molecule has 0 aliphatic carbocycles. The van der Waals surface area contributed by atoms with Gasteiger partial charge in [0.2, 0.25) is 0 Å². The normalized spacial score (nSPS) is 11.1. The Bertz CT molecular complexity index is 1280. The fourth-order valence-electron chi connectivity index (χ4n) is 3.08. The van der Waals surface area contributed by atoms with Crippen LogP contribution in [-0.2, 0) is 4.79 Å². The number of benzene rings is 2. The Morgan fingerprint density at radius 1 is 0.857 bits per heavy atom. The second-order valence-corrected chi connectivity index (χ2v) is 8.38. The molecule has 42 heavy (non-hydrogen) atoms. The molecule has 0 amide bonds. The molecule has 0 unspecified atom stereocenters. The fraction of sp³-hybridized carbons (Fsp3) is 0.241. The first-order valence-electron chi connectivity index (χ1n) is 12.5. The van der Waals surface area contributed by atoms with E-state index in [9.17, 15) is 13.2 Å². The van der Waals surface area contributed by atoms with Gasteiger partial charge in [-0.15, -0.1) is 0 Å². The van der Waals surface area contributed by atoms with Gasteiger partial charge < -0.3 is 30.8 Å². The Morgan fingerprint density at radius 3 is 1.69 bits per heavy atom.